The topological polar surface area (TPSA) is 151 Å². The van der Waals surface area contributed by atoms with Crippen molar-refractivity contribution in [3.63, 3.8) is 0 Å². The molecule has 1 aliphatic heterocycles. The summed E-state index contributed by atoms with van der Waals surface area (Å²) in [6.07, 6.45) is 7.58. The van der Waals surface area contributed by atoms with E-state index in [2.05, 4.69) is 41.0 Å². The number of hydrogen-bond donors (Lipinski definition) is 4. The van der Waals surface area contributed by atoms with E-state index in [-0.39, 0.29) is 24.4 Å². The van der Waals surface area contributed by atoms with Crippen LogP contribution in [0.5, 0.6) is 5.88 Å². The van der Waals surface area contributed by atoms with Crippen LogP contribution in [0.3, 0.4) is 0 Å². The van der Waals surface area contributed by atoms with Crippen LogP contribution >= 0.6 is 0 Å². The van der Waals surface area contributed by atoms with Crippen molar-refractivity contribution >= 4 is 40.2 Å². The number of ether oxygens (including phenoxy) is 1. The Morgan fingerprint density at radius 2 is 1.98 bits per heavy atom. The summed E-state index contributed by atoms with van der Waals surface area (Å²) in [6, 6.07) is 7.70. The van der Waals surface area contributed by atoms with Crippen LogP contribution in [0.25, 0.3) is 22.2 Å². The highest BCUT2D eigenvalue weighted by molar-refractivity contribution is 6.06. The van der Waals surface area contributed by atoms with Crippen molar-refractivity contribution in [2.24, 2.45) is 13.0 Å². The normalized spacial score (nSPS) is 16.6. The Hall–Kier alpha value is -5.11. The minimum absolute atomic E-state index is 0.0625. The lowest BCUT2D eigenvalue weighted by Crippen LogP contribution is -2.33. The standard InChI is InChI=1S/C32H36FN11O2/c1-18-12-35-32(39-26-11-19(2)43(3)42-26)40-28(18)23-14-34-29-22(23)5-4-6-25(29)38-27(45)17-44-10-9-21(16-44)46-30-24(33)15-37-31(41-30)36-13-20-7-8-20/h4-6,11-12,14-15,20-21,34H,7-10,13,16-17H2,1-3H3,(H,38,45)(H,36,37,41)(H,35,39,40,42)/t21-/m0/s1. The molecule has 5 heterocycles. The fourth-order valence-corrected chi connectivity index (χ4v) is 5.63. The van der Waals surface area contributed by atoms with Gasteiger partial charge in [0.25, 0.3) is 5.88 Å². The van der Waals surface area contributed by atoms with Crippen LogP contribution in [0.15, 0.2) is 42.9 Å². The SMILES string of the molecule is Cc1cnc(Nc2cc(C)n(C)n2)nc1-c1c[nH]c2c(NC(=O)CN3CC[C@H](Oc4nc(NCC5CC5)ncc4F)C3)cccc12. The number of nitrogens with zero attached hydrogens (tertiary/aromatic N) is 7. The molecule has 0 unspecified atom stereocenters. The van der Waals surface area contributed by atoms with Gasteiger partial charge < -0.3 is 25.7 Å². The summed E-state index contributed by atoms with van der Waals surface area (Å²) in [4.78, 5) is 35.9. The van der Waals surface area contributed by atoms with E-state index in [4.69, 9.17) is 9.72 Å². The smallest absolute Gasteiger partial charge is 0.255 e. The van der Waals surface area contributed by atoms with Crippen molar-refractivity contribution in [1.82, 2.24) is 39.6 Å². The van der Waals surface area contributed by atoms with E-state index in [1.807, 2.05) is 56.3 Å². The maximum absolute atomic E-state index is 14.4. The lowest BCUT2D eigenvalue weighted by molar-refractivity contribution is -0.117. The number of H-pyrrole nitrogens is 1. The van der Waals surface area contributed by atoms with Crippen LogP contribution < -0.4 is 20.7 Å². The molecule has 2 aliphatic rings. The number of fused-ring (bicyclic) bond motifs is 1. The average Bonchev–Trinajstić information content (AvgIpc) is 3.45. The van der Waals surface area contributed by atoms with Crippen molar-refractivity contribution in [1.29, 1.82) is 0 Å². The van der Waals surface area contributed by atoms with E-state index >= 15 is 0 Å². The third kappa shape index (κ3) is 6.47. The van der Waals surface area contributed by atoms with Gasteiger partial charge >= 0.3 is 0 Å². The summed E-state index contributed by atoms with van der Waals surface area (Å²) in [5, 5.41) is 14.7. The Morgan fingerprint density at radius 1 is 1.13 bits per heavy atom. The molecule has 2 fully saturated rings. The van der Waals surface area contributed by atoms with Crippen molar-refractivity contribution in [2.75, 3.05) is 42.1 Å². The number of aromatic nitrogens is 7. The molecule has 0 bridgehead atoms. The lowest BCUT2D eigenvalue weighted by atomic mass is 10.1. The Morgan fingerprint density at radius 3 is 2.78 bits per heavy atom. The Kier molecular flexibility index (Phi) is 7.95. The molecule has 46 heavy (non-hydrogen) atoms. The minimum atomic E-state index is -0.598. The number of aryl methyl sites for hydroxylation is 3. The summed E-state index contributed by atoms with van der Waals surface area (Å²) in [6.45, 7) is 6.03. The number of rotatable bonds is 11. The molecule has 0 spiro atoms. The van der Waals surface area contributed by atoms with E-state index in [0.717, 1.165) is 46.2 Å². The first-order valence-electron chi connectivity index (χ1n) is 15.5. The van der Waals surface area contributed by atoms with Gasteiger partial charge in [-0.2, -0.15) is 14.5 Å². The van der Waals surface area contributed by atoms with Gasteiger partial charge in [0.05, 0.1) is 29.6 Å². The molecule has 1 aromatic carbocycles. The van der Waals surface area contributed by atoms with Crippen LogP contribution in [0.1, 0.15) is 30.5 Å². The molecule has 5 aromatic rings. The second-order valence-electron chi connectivity index (χ2n) is 12.1. The van der Waals surface area contributed by atoms with E-state index in [0.29, 0.717) is 48.8 Å². The van der Waals surface area contributed by atoms with Gasteiger partial charge in [-0.3, -0.25) is 14.4 Å². The van der Waals surface area contributed by atoms with Crippen LogP contribution in [0.2, 0.25) is 0 Å². The lowest BCUT2D eigenvalue weighted by Gasteiger charge is -2.17. The van der Waals surface area contributed by atoms with Crippen LogP contribution in [-0.4, -0.2) is 77.8 Å². The van der Waals surface area contributed by atoms with E-state index < -0.39 is 5.82 Å². The molecule has 13 nitrogen and oxygen atoms in total. The number of amides is 1. The van der Waals surface area contributed by atoms with Crippen molar-refractivity contribution in [3.8, 4) is 17.1 Å². The maximum Gasteiger partial charge on any atom is 0.255 e. The quantitative estimate of drug-likeness (QED) is 0.164. The van der Waals surface area contributed by atoms with Gasteiger partial charge in [0.15, 0.2) is 5.82 Å². The molecule has 14 heteroatoms. The number of halogens is 1. The summed E-state index contributed by atoms with van der Waals surface area (Å²) >= 11 is 0. The van der Waals surface area contributed by atoms with Crippen molar-refractivity contribution < 1.29 is 13.9 Å². The molecular weight excluding hydrogens is 589 g/mol. The average molecular weight is 626 g/mol. The maximum atomic E-state index is 14.4. The van der Waals surface area contributed by atoms with E-state index in [1.54, 1.807) is 10.9 Å². The van der Waals surface area contributed by atoms with Gasteiger partial charge in [0, 0.05) is 61.8 Å². The summed E-state index contributed by atoms with van der Waals surface area (Å²) in [7, 11) is 1.88. The fourth-order valence-electron chi connectivity index (χ4n) is 5.63. The number of carbonyl (C=O) groups excluding carboxylic acids is 1. The van der Waals surface area contributed by atoms with Crippen molar-refractivity contribution in [3.05, 3.63) is 59.9 Å². The first-order valence-corrected chi connectivity index (χ1v) is 15.5. The first kappa shape index (κ1) is 29.6. The largest absolute Gasteiger partial charge is 0.471 e. The predicted molar refractivity (Wildman–Crippen MR) is 173 cm³/mol. The zero-order chi connectivity index (χ0) is 31.8. The molecule has 4 N–H and O–H groups in total. The van der Waals surface area contributed by atoms with Crippen LogP contribution in [0, 0.1) is 25.6 Å². The molecule has 4 aromatic heterocycles. The minimum Gasteiger partial charge on any atom is -0.471 e. The fraction of sp³-hybridized carbons (Fsp3) is 0.375. The Bertz CT molecular complexity index is 1880. The highest BCUT2D eigenvalue weighted by atomic mass is 19.1. The van der Waals surface area contributed by atoms with Crippen molar-refractivity contribution in [2.45, 2.75) is 39.2 Å². The van der Waals surface area contributed by atoms with E-state index in [1.165, 1.54) is 12.8 Å². The van der Waals surface area contributed by atoms with Gasteiger partial charge in [-0.25, -0.2) is 15.0 Å². The molecule has 0 radical (unpaired) electrons. The number of carbonyl (C=O) groups is 1. The molecule has 7 rings (SSSR count). The number of likely N-dealkylation sites (tertiary alicyclic amines) is 1. The van der Waals surface area contributed by atoms with Crippen LogP contribution in [-0.2, 0) is 11.8 Å². The third-order valence-corrected chi connectivity index (χ3v) is 8.40. The third-order valence-electron chi connectivity index (χ3n) is 8.40. The molecule has 1 amide bonds. The zero-order valence-electron chi connectivity index (χ0n) is 26.0. The summed E-state index contributed by atoms with van der Waals surface area (Å²) < 4.78 is 22.1. The highest BCUT2D eigenvalue weighted by Gasteiger charge is 2.28. The van der Waals surface area contributed by atoms with Gasteiger partial charge in [-0.05, 0) is 50.7 Å². The predicted octanol–water partition coefficient (Wildman–Crippen LogP) is 4.56. The van der Waals surface area contributed by atoms with Gasteiger partial charge in [0.2, 0.25) is 23.6 Å². The molecule has 1 atom stereocenters. The second kappa shape index (κ2) is 12.4. The highest BCUT2D eigenvalue weighted by Crippen LogP contribution is 2.34. The molecule has 1 saturated carbocycles. The van der Waals surface area contributed by atoms with Gasteiger partial charge in [0.1, 0.15) is 6.10 Å². The summed E-state index contributed by atoms with van der Waals surface area (Å²) in [5.74, 6) is 1.30. The van der Waals surface area contributed by atoms with Gasteiger partial charge in [-0.15, -0.1) is 0 Å². The monoisotopic (exact) mass is 625 g/mol. The number of para-hydroxylation sites is 1. The van der Waals surface area contributed by atoms with Gasteiger partial charge in [-0.1, -0.05) is 12.1 Å². The number of hydrogen-bond acceptors (Lipinski definition) is 10. The van der Waals surface area contributed by atoms with Crippen LogP contribution in [0.4, 0.5) is 27.8 Å². The summed E-state index contributed by atoms with van der Waals surface area (Å²) in [5.41, 5.74) is 5.07. The molecular formula is C32H36FN11O2. The first-order chi connectivity index (χ1) is 22.3. The molecule has 1 saturated heterocycles. The number of aromatic amines is 1. The zero-order valence-corrected chi connectivity index (χ0v) is 26.0. The Balaban J connectivity index is 0.993. The van der Waals surface area contributed by atoms with E-state index in [9.17, 15) is 9.18 Å². The number of anilines is 4. The Labute approximate surface area is 265 Å². The number of benzene rings is 1. The number of nitrogens with one attached hydrogen (secondary N) is 4. The molecule has 1 aliphatic carbocycles. The molecule has 238 valence electrons. The second-order valence-corrected chi connectivity index (χ2v) is 12.1.